The second-order valence-corrected chi connectivity index (χ2v) is 6.58. The Morgan fingerprint density at radius 1 is 1.27 bits per heavy atom. The summed E-state index contributed by atoms with van der Waals surface area (Å²) in [5, 5.41) is 0.503. The summed E-state index contributed by atoms with van der Waals surface area (Å²) in [5.74, 6) is 0. The van der Waals surface area contributed by atoms with Crippen LogP contribution in [0, 0.1) is 12.2 Å². The molecule has 1 aromatic carbocycles. The van der Waals surface area contributed by atoms with Gasteiger partial charge in [-0.1, -0.05) is 46.6 Å². The van der Waals surface area contributed by atoms with Crippen LogP contribution in [0.5, 0.6) is 0 Å². The molecule has 0 saturated carbocycles. The molecule has 1 unspecified atom stereocenters. The first-order valence-electron chi connectivity index (χ1n) is 6.25. The van der Waals surface area contributed by atoms with Gasteiger partial charge < -0.3 is 24.8 Å². The number of benzene rings is 1. The molecule has 22 heavy (non-hydrogen) atoms. The predicted molar refractivity (Wildman–Crippen MR) is 85.8 cm³/mol. The zero-order valence-corrected chi connectivity index (χ0v) is 18.2. The number of fused-ring (bicyclic) bond motifs is 3. The maximum absolute atomic E-state index is 3.61. The first-order chi connectivity index (χ1) is 9.25. The smallest absolute Gasteiger partial charge is 1.00 e. The monoisotopic (exact) mass is 488 g/mol. The Morgan fingerprint density at radius 3 is 2.64 bits per heavy atom. The zero-order chi connectivity index (χ0) is 13.2. The Hall–Kier alpha value is 0.473. The molecular weight excluding hydrogens is 478 g/mol. The van der Waals surface area contributed by atoms with E-state index in [1.54, 1.807) is 0 Å². The molecule has 0 amide bonds. The van der Waals surface area contributed by atoms with Crippen molar-refractivity contribution in [2.75, 3.05) is 0 Å². The molecular formula is C17H13BrCl2SZr. The van der Waals surface area contributed by atoms with E-state index in [0.717, 1.165) is 6.42 Å². The number of halogens is 3. The van der Waals surface area contributed by atoms with Gasteiger partial charge in [-0.25, -0.2) is 12.2 Å². The van der Waals surface area contributed by atoms with Crippen LogP contribution in [0.4, 0.5) is 0 Å². The Labute approximate surface area is 176 Å². The van der Waals surface area contributed by atoms with E-state index in [-0.39, 0.29) is 51.0 Å². The van der Waals surface area contributed by atoms with Crippen molar-refractivity contribution in [3.63, 3.8) is 0 Å². The minimum atomic E-state index is 0. The van der Waals surface area contributed by atoms with Gasteiger partial charge in [0, 0.05) is 0 Å². The molecule has 4 rings (SSSR count). The average Bonchev–Trinajstić information content (AvgIpc) is 3.05. The third-order valence-electron chi connectivity index (χ3n) is 3.10. The van der Waals surface area contributed by atoms with Gasteiger partial charge in [-0.15, -0.1) is 23.8 Å². The normalized spacial score (nSPS) is 18.5. The maximum atomic E-state index is 3.61. The van der Waals surface area contributed by atoms with Crippen LogP contribution in [-0.2, 0) is 26.2 Å². The average molecular weight is 491 g/mol. The quantitative estimate of drug-likeness (QED) is 0.437. The third-order valence-corrected chi connectivity index (χ3v) is 4.98. The minimum absolute atomic E-state index is 0. The first kappa shape index (κ1) is 22.5. The van der Waals surface area contributed by atoms with Crippen LogP contribution < -0.4 is 24.8 Å². The minimum Gasteiger partial charge on any atom is -1.00 e. The van der Waals surface area contributed by atoms with Crippen molar-refractivity contribution in [3.05, 3.63) is 70.3 Å². The van der Waals surface area contributed by atoms with Crippen molar-refractivity contribution in [2.45, 2.75) is 23.5 Å². The molecule has 1 aliphatic heterocycles. The predicted octanol–water partition coefficient (Wildman–Crippen LogP) is -0.619. The van der Waals surface area contributed by atoms with E-state index in [1.807, 2.05) is 23.9 Å². The zero-order valence-electron chi connectivity index (χ0n) is 11.9. The van der Waals surface area contributed by atoms with E-state index in [1.165, 1.54) is 26.1 Å². The molecule has 3 aliphatic rings. The molecule has 112 valence electrons. The van der Waals surface area contributed by atoms with Crippen LogP contribution in [0.3, 0.4) is 0 Å². The Kier molecular flexibility index (Phi) is 10.6. The molecule has 0 saturated heterocycles. The van der Waals surface area contributed by atoms with Crippen molar-refractivity contribution in [1.29, 1.82) is 0 Å². The van der Waals surface area contributed by atoms with Gasteiger partial charge >= 0.3 is 26.2 Å². The summed E-state index contributed by atoms with van der Waals surface area (Å²) >= 11 is 5.53. The van der Waals surface area contributed by atoms with Gasteiger partial charge in [0.25, 0.3) is 0 Å². The molecule has 0 bridgehead atoms. The number of thioether (sulfide) groups is 1. The molecule has 0 aromatic heterocycles. The third kappa shape index (κ3) is 4.98. The van der Waals surface area contributed by atoms with E-state index >= 15 is 0 Å². The van der Waals surface area contributed by atoms with Gasteiger partial charge in [0.15, 0.2) is 0 Å². The summed E-state index contributed by atoms with van der Waals surface area (Å²) in [5.41, 5.74) is 3.95. The van der Waals surface area contributed by atoms with E-state index < -0.39 is 0 Å². The van der Waals surface area contributed by atoms with Crippen molar-refractivity contribution < 1.29 is 51.0 Å². The number of hydrogen-bond acceptors (Lipinski definition) is 1. The topological polar surface area (TPSA) is 0 Å². The van der Waals surface area contributed by atoms with Crippen LogP contribution in [-0.4, -0.2) is 5.25 Å². The molecule has 0 nitrogen and oxygen atoms in total. The Balaban J connectivity index is 0.000000482. The summed E-state index contributed by atoms with van der Waals surface area (Å²) in [7, 11) is 0. The fraction of sp³-hybridized carbons (Fsp3) is 0.176. The van der Waals surface area contributed by atoms with Gasteiger partial charge in [0.2, 0.25) is 0 Å². The molecule has 1 heterocycles. The number of allylic oxidation sites excluding steroid dienone is 6. The number of hydrogen-bond donors (Lipinski definition) is 0. The molecule has 0 radical (unpaired) electrons. The number of rotatable bonds is 0. The van der Waals surface area contributed by atoms with Crippen LogP contribution in [0.2, 0.25) is 0 Å². The summed E-state index contributed by atoms with van der Waals surface area (Å²) < 4.78 is 1.19. The van der Waals surface area contributed by atoms with Crippen LogP contribution in [0.1, 0.15) is 18.9 Å². The molecule has 2 aliphatic carbocycles. The largest absolute Gasteiger partial charge is 4.00 e. The van der Waals surface area contributed by atoms with Crippen molar-refractivity contribution in [3.8, 4) is 0 Å². The molecule has 5 heteroatoms. The van der Waals surface area contributed by atoms with E-state index in [4.69, 9.17) is 0 Å². The molecule has 0 fully saturated rings. The summed E-state index contributed by atoms with van der Waals surface area (Å²) in [4.78, 5) is 1.37. The Bertz CT molecular complexity index is 626. The van der Waals surface area contributed by atoms with Crippen molar-refractivity contribution >= 4 is 33.3 Å². The Morgan fingerprint density at radius 2 is 2.05 bits per heavy atom. The molecule has 1 atom stereocenters. The second kappa shape index (κ2) is 10.4. The van der Waals surface area contributed by atoms with E-state index in [2.05, 4.69) is 65.4 Å². The molecule has 0 N–H and O–H groups in total. The summed E-state index contributed by atoms with van der Waals surface area (Å²) in [6, 6.07) is 6.37. The van der Waals surface area contributed by atoms with Gasteiger partial charge in [-0.2, -0.15) is 23.8 Å². The van der Waals surface area contributed by atoms with E-state index in [0.29, 0.717) is 5.25 Å². The molecule has 1 aromatic rings. The van der Waals surface area contributed by atoms with Gasteiger partial charge in [0.05, 0.1) is 0 Å². The fourth-order valence-corrected chi connectivity index (χ4v) is 4.32. The van der Waals surface area contributed by atoms with Gasteiger partial charge in [0.1, 0.15) is 0 Å². The summed E-state index contributed by atoms with van der Waals surface area (Å²) in [6.07, 6.45) is 15.7. The van der Waals surface area contributed by atoms with Crippen molar-refractivity contribution in [1.82, 2.24) is 0 Å². The van der Waals surface area contributed by atoms with Crippen LogP contribution in [0.15, 0.2) is 57.4 Å². The van der Waals surface area contributed by atoms with Crippen LogP contribution >= 0.6 is 27.7 Å². The maximum Gasteiger partial charge on any atom is 4.00 e. The second-order valence-electron chi connectivity index (χ2n) is 4.54. The first-order valence-corrected chi connectivity index (χ1v) is 7.92. The summed E-state index contributed by atoms with van der Waals surface area (Å²) in [6.45, 7) is 2.11. The van der Waals surface area contributed by atoms with Crippen LogP contribution in [0.25, 0.3) is 5.57 Å². The SMILES string of the molecule is CC1=CC2Sc3cccc(Br)c3C2=[C-]1.[C-]1=CC=CC1.[Cl-].[Cl-].[Zr+4]. The van der Waals surface area contributed by atoms with Gasteiger partial charge in [-0.05, 0) is 14.6 Å². The van der Waals surface area contributed by atoms with Crippen molar-refractivity contribution in [2.24, 2.45) is 0 Å². The van der Waals surface area contributed by atoms with Gasteiger partial charge in [-0.3, -0.25) is 6.08 Å². The fourth-order valence-electron chi connectivity index (χ4n) is 2.27. The molecule has 0 spiro atoms. The standard InChI is InChI=1S/C12H8BrS.C5H5.2ClH.Zr/c1-7-5-8-11(6-7)14-10-4-2-3-9(13)12(8)10;1-2-4-5-3-1;;;/h2-4,6,11H,1H3;1-3H,4H2;2*1H;/q2*-1;;;+4/p-2. The van der Waals surface area contributed by atoms with E-state index in [9.17, 15) is 0 Å².